The molecule has 1 aromatic heterocycles. The highest BCUT2D eigenvalue weighted by atomic mass is 35.5. The highest BCUT2D eigenvalue weighted by Crippen LogP contribution is 2.35. The van der Waals surface area contributed by atoms with E-state index in [1.165, 1.54) is 18.2 Å². The van der Waals surface area contributed by atoms with Gasteiger partial charge in [0.15, 0.2) is 0 Å². The van der Waals surface area contributed by atoms with Gasteiger partial charge in [0.2, 0.25) is 0 Å². The van der Waals surface area contributed by atoms with Gasteiger partial charge in [-0.1, -0.05) is 23.7 Å². The van der Waals surface area contributed by atoms with Crippen LogP contribution in [-0.4, -0.2) is 29.3 Å². The summed E-state index contributed by atoms with van der Waals surface area (Å²) < 4.78 is 5.11. The van der Waals surface area contributed by atoms with Gasteiger partial charge in [0.25, 0.3) is 17.5 Å². The zero-order valence-electron chi connectivity index (χ0n) is 18.4. The molecule has 0 spiro atoms. The van der Waals surface area contributed by atoms with Crippen LogP contribution < -0.4 is 10.6 Å². The molecule has 0 aliphatic carbocycles. The van der Waals surface area contributed by atoms with Crippen LogP contribution in [0.4, 0.5) is 16.4 Å². The molecule has 3 aromatic rings. The van der Waals surface area contributed by atoms with Crippen LogP contribution in [0, 0.1) is 24.0 Å². The molecule has 9 nitrogen and oxygen atoms in total. The fourth-order valence-electron chi connectivity index (χ4n) is 3.06. The summed E-state index contributed by atoms with van der Waals surface area (Å²) in [6.07, 6.45) is 0. The second-order valence-electron chi connectivity index (χ2n) is 7.16. The Bertz CT molecular complexity index is 1300. The Morgan fingerprint density at radius 2 is 1.82 bits per heavy atom. The van der Waals surface area contributed by atoms with Crippen molar-refractivity contribution in [2.24, 2.45) is 0 Å². The molecule has 34 heavy (non-hydrogen) atoms. The van der Waals surface area contributed by atoms with Crippen LogP contribution in [0.5, 0.6) is 0 Å². The molecule has 0 radical (unpaired) electrons. The van der Waals surface area contributed by atoms with E-state index in [-0.39, 0.29) is 33.3 Å². The maximum Gasteiger partial charge on any atom is 0.341 e. The molecule has 3 rings (SSSR count). The second-order valence-corrected chi connectivity index (χ2v) is 8.59. The number of aryl methyl sites for hydroxylation is 1. The van der Waals surface area contributed by atoms with E-state index >= 15 is 0 Å². The molecule has 0 aliphatic rings. The lowest BCUT2D eigenvalue weighted by molar-refractivity contribution is -0.384. The van der Waals surface area contributed by atoms with E-state index < -0.39 is 22.7 Å². The van der Waals surface area contributed by atoms with Gasteiger partial charge in [-0.15, -0.1) is 11.3 Å². The smallest absolute Gasteiger partial charge is 0.341 e. The summed E-state index contributed by atoms with van der Waals surface area (Å²) in [5.74, 6) is -1.88. The number of nitro groups is 1. The van der Waals surface area contributed by atoms with Gasteiger partial charge in [-0.2, -0.15) is 0 Å². The summed E-state index contributed by atoms with van der Waals surface area (Å²) in [5, 5.41) is 16.9. The molecular weight excluding hydrogens is 482 g/mol. The molecule has 2 aromatic carbocycles. The monoisotopic (exact) mass is 501 g/mol. The largest absolute Gasteiger partial charge is 0.462 e. The minimum Gasteiger partial charge on any atom is -0.462 e. The fraction of sp³-hybridized carbons (Fsp3) is 0.174. The highest BCUT2D eigenvalue weighted by Gasteiger charge is 2.27. The molecule has 0 saturated carbocycles. The van der Waals surface area contributed by atoms with Crippen molar-refractivity contribution in [3.63, 3.8) is 0 Å². The Labute approximate surface area is 203 Å². The first-order valence-electron chi connectivity index (χ1n) is 10.1. The number of anilines is 2. The van der Waals surface area contributed by atoms with Crippen LogP contribution in [-0.2, 0) is 4.74 Å². The quantitative estimate of drug-likeness (QED) is 0.246. The van der Waals surface area contributed by atoms with Gasteiger partial charge in [0, 0.05) is 28.4 Å². The Kier molecular flexibility index (Phi) is 7.64. The predicted molar refractivity (Wildman–Crippen MR) is 130 cm³/mol. The molecule has 0 aliphatic heterocycles. The van der Waals surface area contributed by atoms with Crippen molar-refractivity contribution in [1.82, 2.24) is 0 Å². The summed E-state index contributed by atoms with van der Waals surface area (Å²) in [7, 11) is 0. The molecule has 0 atom stereocenters. The molecule has 0 bridgehead atoms. The number of carbonyl (C=O) groups is 3. The van der Waals surface area contributed by atoms with Gasteiger partial charge in [0.1, 0.15) is 5.00 Å². The van der Waals surface area contributed by atoms with Crippen LogP contribution in [0.25, 0.3) is 0 Å². The zero-order valence-corrected chi connectivity index (χ0v) is 20.0. The number of nitrogens with zero attached hydrogens (tertiary/aromatic N) is 1. The minimum absolute atomic E-state index is 0.0235. The number of esters is 1. The summed E-state index contributed by atoms with van der Waals surface area (Å²) in [6.45, 7) is 5.13. The van der Waals surface area contributed by atoms with Gasteiger partial charge in [-0.3, -0.25) is 19.7 Å². The molecule has 1 heterocycles. The second kappa shape index (κ2) is 10.4. The van der Waals surface area contributed by atoms with Crippen LogP contribution in [0.2, 0.25) is 5.02 Å². The Balaban J connectivity index is 1.95. The number of carbonyl (C=O) groups excluding carboxylic acids is 3. The molecule has 0 saturated heterocycles. The van der Waals surface area contributed by atoms with Gasteiger partial charge in [0.05, 0.1) is 22.0 Å². The number of hydrogen-bond donors (Lipinski definition) is 2. The molecule has 2 amide bonds. The van der Waals surface area contributed by atoms with Crippen LogP contribution in [0.3, 0.4) is 0 Å². The molecule has 2 N–H and O–H groups in total. The zero-order chi connectivity index (χ0) is 25.0. The number of hydrogen-bond acceptors (Lipinski definition) is 7. The Morgan fingerprint density at radius 3 is 2.47 bits per heavy atom. The SMILES string of the molecule is CCOC(=O)c1c(NC(=O)c2cccc([N+](=O)[O-])c2)sc(C(=O)Nc2ccc(C)c(Cl)c2)c1C. The van der Waals surface area contributed by atoms with Gasteiger partial charge in [-0.05, 0) is 50.1 Å². The van der Waals surface area contributed by atoms with Crippen molar-refractivity contribution >= 4 is 57.1 Å². The third-order valence-electron chi connectivity index (χ3n) is 4.81. The molecule has 0 unspecified atom stereocenters. The Morgan fingerprint density at radius 1 is 1.09 bits per heavy atom. The number of non-ortho nitro benzene ring substituents is 1. The number of nitrogens with one attached hydrogen (secondary N) is 2. The molecule has 11 heteroatoms. The average molecular weight is 502 g/mol. The van der Waals surface area contributed by atoms with E-state index in [2.05, 4.69) is 10.6 Å². The molecule has 0 fully saturated rings. The van der Waals surface area contributed by atoms with Crippen molar-refractivity contribution in [2.45, 2.75) is 20.8 Å². The maximum absolute atomic E-state index is 13.0. The lowest BCUT2D eigenvalue weighted by Gasteiger charge is -2.07. The third kappa shape index (κ3) is 5.41. The predicted octanol–water partition coefficient (Wildman–Crippen LogP) is 5.61. The van der Waals surface area contributed by atoms with Crippen molar-refractivity contribution in [1.29, 1.82) is 0 Å². The number of halogens is 1. The number of rotatable bonds is 7. The first-order valence-corrected chi connectivity index (χ1v) is 11.3. The average Bonchev–Trinajstić information content (AvgIpc) is 3.12. The summed E-state index contributed by atoms with van der Waals surface area (Å²) >= 11 is 7.02. The highest BCUT2D eigenvalue weighted by molar-refractivity contribution is 7.19. The summed E-state index contributed by atoms with van der Waals surface area (Å²) in [5.41, 5.74) is 1.45. The Hall–Kier alpha value is -3.76. The van der Waals surface area contributed by atoms with E-state index in [0.717, 1.165) is 23.0 Å². The molecule has 176 valence electrons. The summed E-state index contributed by atoms with van der Waals surface area (Å²) in [6, 6.07) is 10.2. The van der Waals surface area contributed by atoms with E-state index in [0.29, 0.717) is 16.3 Å². The van der Waals surface area contributed by atoms with Crippen LogP contribution in [0.1, 0.15) is 48.4 Å². The van der Waals surface area contributed by atoms with Crippen molar-refractivity contribution in [2.75, 3.05) is 17.2 Å². The number of thiophene rings is 1. The molecular formula is C23H20ClN3O6S. The van der Waals surface area contributed by atoms with E-state index in [1.54, 1.807) is 32.0 Å². The number of nitro benzene ring substituents is 1. The normalized spacial score (nSPS) is 10.5. The minimum atomic E-state index is -0.706. The van der Waals surface area contributed by atoms with Crippen LogP contribution >= 0.6 is 22.9 Å². The van der Waals surface area contributed by atoms with Crippen LogP contribution in [0.15, 0.2) is 42.5 Å². The third-order valence-corrected chi connectivity index (χ3v) is 6.42. The number of benzene rings is 2. The fourth-order valence-corrected chi connectivity index (χ4v) is 4.33. The van der Waals surface area contributed by atoms with Crippen molar-refractivity contribution in [3.05, 3.63) is 84.7 Å². The van der Waals surface area contributed by atoms with Gasteiger partial charge < -0.3 is 15.4 Å². The first kappa shape index (κ1) is 24.9. The van der Waals surface area contributed by atoms with Crippen molar-refractivity contribution in [3.8, 4) is 0 Å². The summed E-state index contributed by atoms with van der Waals surface area (Å²) in [4.78, 5) is 49.0. The van der Waals surface area contributed by atoms with Crippen molar-refractivity contribution < 1.29 is 24.0 Å². The van der Waals surface area contributed by atoms with Gasteiger partial charge >= 0.3 is 5.97 Å². The van der Waals surface area contributed by atoms with E-state index in [4.69, 9.17) is 16.3 Å². The topological polar surface area (TPSA) is 128 Å². The lowest BCUT2D eigenvalue weighted by atomic mass is 10.1. The van der Waals surface area contributed by atoms with Gasteiger partial charge in [-0.25, -0.2) is 4.79 Å². The number of amides is 2. The maximum atomic E-state index is 13.0. The number of ether oxygens (including phenoxy) is 1. The van der Waals surface area contributed by atoms with E-state index in [9.17, 15) is 24.5 Å². The first-order chi connectivity index (χ1) is 16.1. The standard InChI is InChI=1S/C23H20ClN3O6S/c1-4-33-23(30)18-13(3)19(21(29)25-15-9-8-12(2)17(24)11-15)34-22(18)26-20(28)14-6-5-7-16(10-14)27(31)32/h5-11H,4H2,1-3H3,(H,25,29)(H,26,28). The lowest BCUT2D eigenvalue weighted by Crippen LogP contribution is -2.15. The van der Waals surface area contributed by atoms with E-state index in [1.807, 2.05) is 6.92 Å².